The molecule has 0 atom stereocenters. The molecule has 0 radical (unpaired) electrons. The van der Waals surface area contributed by atoms with E-state index in [0.29, 0.717) is 0 Å². The summed E-state index contributed by atoms with van der Waals surface area (Å²) in [6.07, 6.45) is 0. The quantitative estimate of drug-likeness (QED) is 0.688. The molecule has 0 aliphatic carbocycles. The molecule has 0 bridgehead atoms. The molecule has 7 heteroatoms. The van der Waals surface area contributed by atoms with Gasteiger partial charge >= 0.3 is 5.97 Å². The first kappa shape index (κ1) is 13.8. The van der Waals surface area contributed by atoms with Gasteiger partial charge in [0.05, 0.1) is 0 Å². The predicted molar refractivity (Wildman–Crippen MR) is 62.6 cm³/mol. The Labute approximate surface area is 103 Å². The second-order valence-electron chi connectivity index (χ2n) is 4.05. The summed E-state index contributed by atoms with van der Waals surface area (Å²) in [5, 5.41) is 20.6. The summed E-state index contributed by atoms with van der Waals surface area (Å²) in [4.78, 5) is 34.0. The fraction of sp³-hybridized carbons (Fsp3) is 0.364. The van der Waals surface area contributed by atoms with Gasteiger partial charge in [-0.2, -0.15) is 0 Å². The maximum absolute atomic E-state index is 11.5. The van der Waals surface area contributed by atoms with Gasteiger partial charge in [0, 0.05) is 18.2 Å². The minimum atomic E-state index is -1.39. The van der Waals surface area contributed by atoms with Crippen molar-refractivity contribution in [1.29, 1.82) is 0 Å². The fourth-order valence-electron chi connectivity index (χ4n) is 1.43. The molecule has 0 aromatic carbocycles. The molecule has 98 valence electrons. The first-order chi connectivity index (χ1) is 8.31. The van der Waals surface area contributed by atoms with Gasteiger partial charge in [0.25, 0.3) is 5.56 Å². The number of nitrogens with one attached hydrogen (secondary N) is 1. The lowest BCUT2D eigenvalue weighted by Crippen LogP contribution is -2.37. The van der Waals surface area contributed by atoms with Crippen LogP contribution in [0, 0.1) is 0 Å². The summed E-state index contributed by atoms with van der Waals surface area (Å²) in [6.45, 7) is 3.09. The highest BCUT2D eigenvalue weighted by atomic mass is 16.4. The third-order valence-electron chi connectivity index (χ3n) is 2.08. The molecule has 1 rings (SSSR count). The molecule has 1 amide bonds. The number of rotatable bonds is 4. The molecule has 0 unspecified atom stereocenters. The molecule has 1 heterocycles. The van der Waals surface area contributed by atoms with Crippen molar-refractivity contribution in [2.45, 2.75) is 26.4 Å². The maximum atomic E-state index is 11.5. The van der Waals surface area contributed by atoms with Crippen LogP contribution in [0.5, 0.6) is 5.75 Å². The zero-order valence-electron chi connectivity index (χ0n) is 10.0. The monoisotopic (exact) mass is 254 g/mol. The lowest BCUT2D eigenvalue weighted by atomic mass is 10.3. The van der Waals surface area contributed by atoms with Crippen molar-refractivity contribution < 1.29 is 19.8 Å². The Morgan fingerprint density at radius 3 is 2.50 bits per heavy atom. The summed E-state index contributed by atoms with van der Waals surface area (Å²) in [7, 11) is 0. The average molecular weight is 254 g/mol. The van der Waals surface area contributed by atoms with Gasteiger partial charge < -0.3 is 15.5 Å². The Bertz CT molecular complexity index is 533. The molecule has 0 aliphatic heterocycles. The fourth-order valence-corrected chi connectivity index (χ4v) is 1.43. The number of carboxylic acids is 1. The van der Waals surface area contributed by atoms with E-state index in [4.69, 9.17) is 10.2 Å². The van der Waals surface area contributed by atoms with Crippen LogP contribution in [-0.4, -0.2) is 32.7 Å². The number of pyridine rings is 1. The van der Waals surface area contributed by atoms with E-state index in [-0.39, 0.29) is 6.04 Å². The molecule has 0 spiro atoms. The van der Waals surface area contributed by atoms with Gasteiger partial charge in [-0.25, -0.2) is 4.79 Å². The smallest absolute Gasteiger partial charge is 0.352 e. The molecule has 1 aromatic heterocycles. The van der Waals surface area contributed by atoms with Crippen molar-refractivity contribution >= 4 is 11.9 Å². The van der Waals surface area contributed by atoms with E-state index in [1.807, 2.05) is 0 Å². The van der Waals surface area contributed by atoms with Crippen molar-refractivity contribution in [3.63, 3.8) is 0 Å². The number of aromatic nitrogens is 1. The third kappa shape index (κ3) is 3.34. The maximum Gasteiger partial charge on any atom is 0.352 e. The van der Waals surface area contributed by atoms with Gasteiger partial charge in [0.2, 0.25) is 5.91 Å². The van der Waals surface area contributed by atoms with Gasteiger partial charge in [-0.1, -0.05) is 0 Å². The number of amides is 1. The summed E-state index contributed by atoms with van der Waals surface area (Å²) in [5.41, 5.74) is -1.18. The second kappa shape index (κ2) is 5.35. The number of carbonyl (C=O) groups excluding carboxylic acids is 1. The Balaban J connectivity index is 3.12. The molecule has 0 fully saturated rings. The standard InChI is InChI=1S/C11H14N2O5/c1-6(2)12-9(15)5-13-8(11(17)18)3-7(14)4-10(13)16/h3-4,6,14H,5H2,1-2H3,(H,12,15)(H,17,18). The van der Waals surface area contributed by atoms with Gasteiger partial charge in [0.15, 0.2) is 0 Å². The molecular formula is C11H14N2O5. The van der Waals surface area contributed by atoms with Crippen LogP contribution in [0.4, 0.5) is 0 Å². The number of aromatic hydroxyl groups is 1. The van der Waals surface area contributed by atoms with Gasteiger partial charge in [0.1, 0.15) is 18.0 Å². The number of hydrogen-bond acceptors (Lipinski definition) is 4. The van der Waals surface area contributed by atoms with E-state index in [1.165, 1.54) is 0 Å². The van der Waals surface area contributed by atoms with Crippen LogP contribution in [0.1, 0.15) is 24.3 Å². The van der Waals surface area contributed by atoms with Gasteiger partial charge in [-0.3, -0.25) is 14.2 Å². The van der Waals surface area contributed by atoms with Gasteiger partial charge in [-0.15, -0.1) is 0 Å². The lowest BCUT2D eigenvalue weighted by molar-refractivity contribution is -0.122. The highest BCUT2D eigenvalue weighted by molar-refractivity contribution is 5.87. The third-order valence-corrected chi connectivity index (χ3v) is 2.08. The van der Waals surface area contributed by atoms with E-state index in [0.717, 1.165) is 16.7 Å². The van der Waals surface area contributed by atoms with E-state index in [2.05, 4.69) is 5.32 Å². The number of carbonyl (C=O) groups is 2. The summed E-state index contributed by atoms with van der Waals surface area (Å²) in [5.74, 6) is -2.31. The molecule has 0 saturated carbocycles. The molecule has 7 nitrogen and oxygen atoms in total. The first-order valence-electron chi connectivity index (χ1n) is 5.27. The number of carboxylic acid groups (broad SMARTS) is 1. The van der Waals surface area contributed by atoms with E-state index >= 15 is 0 Å². The van der Waals surface area contributed by atoms with Crippen LogP contribution >= 0.6 is 0 Å². The Hall–Kier alpha value is -2.31. The molecule has 0 saturated heterocycles. The average Bonchev–Trinajstić information content (AvgIpc) is 2.20. The number of hydrogen-bond donors (Lipinski definition) is 3. The lowest BCUT2D eigenvalue weighted by Gasteiger charge is -2.12. The zero-order valence-corrected chi connectivity index (χ0v) is 10.0. The Kier molecular flexibility index (Phi) is 4.09. The molecule has 18 heavy (non-hydrogen) atoms. The highest BCUT2D eigenvalue weighted by Crippen LogP contribution is 2.08. The van der Waals surface area contributed by atoms with Crippen LogP contribution in [0.2, 0.25) is 0 Å². The molecule has 0 aliphatic rings. The summed E-state index contributed by atoms with van der Waals surface area (Å²) >= 11 is 0. The SMILES string of the molecule is CC(C)NC(=O)Cn1c(C(=O)O)cc(O)cc1=O. The molecular weight excluding hydrogens is 240 g/mol. The Morgan fingerprint density at radius 1 is 1.39 bits per heavy atom. The minimum absolute atomic E-state index is 0.112. The number of nitrogens with zero attached hydrogens (tertiary/aromatic N) is 1. The molecule has 3 N–H and O–H groups in total. The van der Waals surface area contributed by atoms with Crippen LogP contribution in [-0.2, 0) is 11.3 Å². The number of aromatic carboxylic acids is 1. The van der Waals surface area contributed by atoms with Crippen LogP contribution in [0.3, 0.4) is 0 Å². The van der Waals surface area contributed by atoms with E-state index < -0.39 is 35.4 Å². The zero-order chi connectivity index (χ0) is 13.9. The summed E-state index contributed by atoms with van der Waals surface area (Å²) in [6, 6.07) is 1.67. The van der Waals surface area contributed by atoms with Crippen molar-refractivity contribution in [3.8, 4) is 5.75 Å². The summed E-state index contributed by atoms with van der Waals surface area (Å²) < 4.78 is 0.791. The second-order valence-corrected chi connectivity index (χ2v) is 4.05. The Morgan fingerprint density at radius 2 is 2.00 bits per heavy atom. The normalized spacial score (nSPS) is 10.4. The molecule has 1 aromatic rings. The van der Waals surface area contributed by atoms with Crippen molar-refractivity contribution in [3.05, 3.63) is 28.2 Å². The van der Waals surface area contributed by atoms with Crippen molar-refractivity contribution in [2.24, 2.45) is 0 Å². The highest BCUT2D eigenvalue weighted by Gasteiger charge is 2.15. The van der Waals surface area contributed by atoms with Crippen molar-refractivity contribution in [1.82, 2.24) is 9.88 Å². The van der Waals surface area contributed by atoms with E-state index in [9.17, 15) is 14.4 Å². The van der Waals surface area contributed by atoms with Crippen molar-refractivity contribution in [2.75, 3.05) is 0 Å². The minimum Gasteiger partial charge on any atom is -0.508 e. The van der Waals surface area contributed by atoms with Crippen LogP contribution < -0.4 is 10.9 Å². The largest absolute Gasteiger partial charge is 0.508 e. The topological polar surface area (TPSA) is 109 Å². The van der Waals surface area contributed by atoms with Crippen LogP contribution in [0.25, 0.3) is 0 Å². The van der Waals surface area contributed by atoms with E-state index in [1.54, 1.807) is 13.8 Å². The van der Waals surface area contributed by atoms with Gasteiger partial charge in [-0.05, 0) is 13.8 Å². The van der Waals surface area contributed by atoms with Crippen LogP contribution in [0.15, 0.2) is 16.9 Å². The first-order valence-corrected chi connectivity index (χ1v) is 5.27. The predicted octanol–water partition coefficient (Wildman–Crippen LogP) is -0.223.